The molecule has 2 atom stereocenters. The minimum atomic E-state index is -0.516. The second-order valence-electron chi connectivity index (χ2n) is 4.69. The predicted molar refractivity (Wildman–Crippen MR) is 68.6 cm³/mol. The van der Waals surface area contributed by atoms with Gasteiger partial charge in [0.25, 0.3) is 0 Å². The van der Waals surface area contributed by atoms with Crippen LogP contribution in [0.15, 0.2) is 18.2 Å². The van der Waals surface area contributed by atoms with Crippen LogP contribution in [0.4, 0.5) is 8.78 Å². The van der Waals surface area contributed by atoms with E-state index < -0.39 is 11.6 Å². The minimum Gasteiger partial charge on any atom is -0.383 e. The molecule has 102 valence electrons. The molecule has 0 radical (unpaired) electrons. The van der Waals surface area contributed by atoms with Crippen molar-refractivity contribution < 1.29 is 13.5 Å². The highest BCUT2D eigenvalue weighted by atomic mass is 19.1. The average Bonchev–Trinajstić information content (AvgIpc) is 2.27. The van der Waals surface area contributed by atoms with Crippen LogP contribution in [0.1, 0.15) is 19.4 Å². The van der Waals surface area contributed by atoms with E-state index in [1.165, 1.54) is 12.1 Å². The highest BCUT2D eigenvalue weighted by molar-refractivity contribution is 5.18. The molecule has 0 heterocycles. The SMILES string of the molecule is COCCNC(C)C(C)Cc1cc(F)cc(F)c1. The van der Waals surface area contributed by atoms with Crippen LogP contribution >= 0.6 is 0 Å². The third-order valence-electron chi connectivity index (χ3n) is 3.11. The van der Waals surface area contributed by atoms with Crippen LogP contribution in [0.3, 0.4) is 0 Å². The van der Waals surface area contributed by atoms with Crippen molar-refractivity contribution in [2.45, 2.75) is 26.3 Å². The molecule has 0 amide bonds. The van der Waals surface area contributed by atoms with Gasteiger partial charge in [-0.2, -0.15) is 0 Å². The standard InChI is InChI=1S/C14H21F2NO/c1-10(11(2)17-4-5-18-3)6-12-7-13(15)9-14(16)8-12/h7-11,17H,4-6H2,1-3H3. The fraction of sp³-hybridized carbons (Fsp3) is 0.571. The van der Waals surface area contributed by atoms with Crippen LogP contribution in [-0.2, 0) is 11.2 Å². The van der Waals surface area contributed by atoms with Gasteiger partial charge in [0, 0.05) is 25.8 Å². The molecule has 0 aliphatic rings. The summed E-state index contributed by atoms with van der Waals surface area (Å²) in [4.78, 5) is 0. The lowest BCUT2D eigenvalue weighted by Crippen LogP contribution is -2.35. The van der Waals surface area contributed by atoms with E-state index in [0.717, 1.165) is 12.6 Å². The highest BCUT2D eigenvalue weighted by Crippen LogP contribution is 2.15. The molecule has 1 N–H and O–H groups in total. The quantitative estimate of drug-likeness (QED) is 0.758. The van der Waals surface area contributed by atoms with Crippen LogP contribution in [-0.4, -0.2) is 26.3 Å². The zero-order valence-electron chi connectivity index (χ0n) is 11.2. The second kappa shape index (κ2) is 7.44. The van der Waals surface area contributed by atoms with Crippen LogP contribution in [0.5, 0.6) is 0 Å². The van der Waals surface area contributed by atoms with E-state index >= 15 is 0 Å². The number of benzene rings is 1. The Morgan fingerprint density at radius 2 is 1.78 bits per heavy atom. The monoisotopic (exact) mass is 257 g/mol. The molecule has 2 unspecified atom stereocenters. The van der Waals surface area contributed by atoms with Crippen molar-refractivity contribution in [3.63, 3.8) is 0 Å². The van der Waals surface area contributed by atoms with Crippen LogP contribution in [0.2, 0.25) is 0 Å². The molecular formula is C14H21F2NO. The lowest BCUT2D eigenvalue weighted by atomic mass is 9.95. The molecule has 0 spiro atoms. The maximum absolute atomic E-state index is 13.1. The lowest BCUT2D eigenvalue weighted by molar-refractivity contribution is 0.192. The number of rotatable bonds is 7. The molecule has 0 aliphatic carbocycles. The van der Waals surface area contributed by atoms with Crippen molar-refractivity contribution in [2.24, 2.45) is 5.92 Å². The Morgan fingerprint density at radius 3 is 2.33 bits per heavy atom. The Labute approximate surface area is 107 Å². The maximum atomic E-state index is 13.1. The highest BCUT2D eigenvalue weighted by Gasteiger charge is 2.13. The molecule has 1 aromatic carbocycles. The molecule has 0 aliphatic heterocycles. The van der Waals surface area contributed by atoms with Crippen molar-refractivity contribution in [1.29, 1.82) is 0 Å². The smallest absolute Gasteiger partial charge is 0.126 e. The summed E-state index contributed by atoms with van der Waals surface area (Å²) in [6.45, 7) is 5.56. The first-order chi connectivity index (χ1) is 8.52. The fourth-order valence-electron chi connectivity index (χ4n) is 1.87. The molecule has 0 fully saturated rings. The summed E-state index contributed by atoms with van der Waals surface area (Å²) >= 11 is 0. The maximum Gasteiger partial charge on any atom is 0.126 e. The van der Waals surface area contributed by atoms with E-state index in [0.29, 0.717) is 24.5 Å². The van der Waals surface area contributed by atoms with Gasteiger partial charge in [-0.15, -0.1) is 0 Å². The van der Waals surface area contributed by atoms with Crippen LogP contribution < -0.4 is 5.32 Å². The largest absolute Gasteiger partial charge is 0.383 e. The van der Waals surface area contributed by atoms with E-state index in [1.807, 2.05) is 0 Å². The number of ether oxygens (including phenoxy) is 1. The zero-order valence-corrected chi connectivity index (χ0v) is 11.2. The van der Waals surface area contributed by atoms with Crippen molar-refractivity contribution in [2.75, 3.05) is 20.3 Å². The molecule has 0 saturated carbocycles. The van der Waals surface area contributed by atoms with Gasteiger partial charge >= 0.3 is 0 Å². The Balaban J connectivity index is 2.49. The molecule has 18 heavy (non-hydrogen) atoms. The van der Waals surface area contributed by atoms with E-state index in [4.69, 9.17) is 4.74 Å². The van der Waals surface area contributed by atoms with Crippen LogP contribution in [0.25, 0.3) is 0 Å². The summed E-state index contributed by atoms with van der Waals surface area (Å²) in [6, 6.07) is 3.95. The Kier molecular flexibility index (Phi) is 6.22. The summed E-state index contributed by atoms with van der Waals surface area (Å²) in [6.07, 6.45) is 0.649. The van der Waals surface area contributed by atoms with Gasteiger partial charge in [0.15, 0.2) is 0 Å². The summed E-state index contributed by atoms with van der Waals surface area (Å²) in [5.41, 5.74) is 0.695. The van der Waals surface area contributed by atoms with Crippen molar-refractivity contribution in [3.05, 3.63) is 35.4 Å². The molecule has 1 rings (SSSR count). The van der Waals surface area contributed by atoms with E-state index in [1.54, 1.807) is 7.11 Å². The van der Waals surface area contributed by atoms with Crippen molar-refractivity contribution in [1.82, 2.24) is 5.32 Å². The van der Waals surface area contributed by atoms with Gasteiger partial charge in [-0.1, -0.05) is 6.92 Å². The molecule has 0 aromatic heterocycles. The number of nitrogens with one attached hydrogen (secondary N) is 1. The first kappa shape index (κ1) is 15.1. The van der Waals surface area contributed by atoms with Crippen molar-refractivity contribution >= 4 is 0 Å². The van der Waals surface area contributed by atoms with E-state index in [9.17, 15) is 8.78 Å². The summed E-state index contributed by atoms with van der Waals surface area (Å²) in [7, 11) is 1.66. The Morgan fingerprint density at radius 1 is 1.17 bits per heavy atom. The molecular weight excluding hydrogens is 236 g/mol. The Hall–Kier alpha value is -1.00. The van der Waals surface area contributed by atoms with Gasteiger partial charge in [-0.3, -0.25) is 0 Å². The summed E-state index contributed by atoms with van der Waals surface area (Å²) in [5.74, 6) is -0.738. The van der Waals surface area contributed by atoms with Gasteiger partial charge in [0.1, 0.15) is 11.6 Å². The van der Waals surface area contributed by atoms with Gasteiger partial charge < -0.3 is 10.1 Å². The molecule has 0 bridgehead atoms. The Bertz CT molecular complexity index is 351. The topological polar surface area (TPSA) is 21.3 Å². The molecule has 2 nitrogen and oxygen atoms in total. The van der Waals surface area contributed by atoms with Crippen molar-refractivity contribution in [3.8, 4) is 0 Å². The zero-order chi connectivity index (χ0) is 13.5. The second-order valence-corrected chi connectivity index (χ2v) is 4.69. The lowest BCUT2D eigenvalue weighted by Gasteiger charge is -2.21. The minimum absolute atomic E-state index is 0.270. The van der Waals surface area contributed by atoms with Gasteiger partial charge in [-0.05, 0) is 37.0 Å². The number of halogens is 2. The molecule has 1 aromatic rings. The molecule has 4 heteroatoms. The van der Waals surface area contributed by atoms with E-state index in [2.05, 4.69) is 19.2 Å². The predicted octanol–water partition coefficient (Wildman–Crippen LogP) is 2.77. The normalized spacial score (nSPS) is 14.5. The average molecular weight is 257 g/mol. The first-order valence-corrected chi connectivity index (χ1v) is 6.20. The summed E-state index contributed by atoms with van der Waals surface area (Å²) < 4.78 is 31.1. The number of hydrogen-bond donors (Lipinski definition) is 1. The number of hydrogen-bond acceptors (Lipinski definition) is 2. The van der Waals surface area contributed by atoms with E-state index in [-0.39, 0.29) is 6.04 Å². The molecule has 0 saturated heterocycles. The van der Waals surface area contributed by atoms with Gasteiger partial charge in [0.05, 0.1) is 6.61 Å². The summed E-state index contributed by atoms with van der Waals surface area (Å²) in [5, 5.41) is 3.32. The number of methoxy groups -OCH3 is 1. The third kappa shape index (κ3) is 5.10. The first-order valence-electron chi connectivity index (χ1n) is 6.20. The third-order valence-corrected chi connectivity index (χ3v) is 3.11. The van der Waals surface area contributed by atoms with Gasteiger partial charge in [0.2, 0.25) is 0 Å². The van der Waals surface area contributed by atoms with Gasteiger partial charge in [-0.25, -0.2) is 8.78 Å². The van der Waals surface area contributed by atoms with Crippen LogP contribution in [0, 0.1) is 17.6 Å². The fourth-order valence-corrected chi connectivity index (χ4v) is 1.87.